The standard InChI is InChI=1S/C18H34N2O2/c1-5-6-7-14-8-10-15(11-9-14)16(21)20-18(4,17(19)22)12-13(2)3/h13-15H,5-12H2,1-4H3,(H2,19,22)(H,20,21). The van der Waals surface area contributed by atoms with Gasteiger partial charge in [-0.25, -0.2) is 0 Å². The van der Waals surface area contributed by atoms with Gasteiger partial charge in [0.15, 0.2) is 0 Å². The predicted octanol–water partition coefficient (Wildman–Crippen LogP) is 3.39. The number of hydrogen-bond acceptors (Lipinski definition) is 2. The van der Waals surface area contributed by atoms with Crippen molar-refractivity contribution in [3.8, 4) is 0 Å². The lowest BCUT2D eigenvalue weighted by molar-refractivity contribution is -0.134. The third-order valence-corrected chi connectivity index (χ3v) is 4.94. The molecule has 1 saturated carbocycles. The summed E-state index contributed by atoms with van der Waals surface area (Å²) < 4.78 is 0. The summed E-state index contributed by atoms with van der Waals surface area (Å²) in [5, 5.41) is 2.94. The second-order valence-electron chi connectivity index (χ2n) is 7.64. The quantitative estimate of drug-likeness (QED) is 0.721. The molecule has 4 nitrogen and oxygen atoms in total. The molecule has 0 spiro atoms. The van der Waals surface area contributed by atoms with Crippen molar-refractivity contribution < 1.29 is 9.59 Å². The van der Waals surface area contributed by atoms with Gasteiger partial charge >= 0.3 is 0 Å². The number of primary amides is 1. The Kier molecular flexibility index (Phi) is 7.37. The largest absolute Gasteiger partial charge is 0.368 e. The molecule has 0 heterocycles. The van der Waals surface area contributed by atoms with Crippen molar-refractivity contribution in [2.75, 3.05) is 0 Å². The van der Waals surface area contributed by atoms with E-state index in [-0.39, 0.29) is 11.8 Å². The number of rotatable bonds is 8. The second kappa shape index (κ2) is 8.54. The van der Waals surface area contributed by atoms with Crippen molar-refractivity contribution in [2.24, 2.45) is 23.5 Å². The van der Waals surface area contributed by atoms with E-state index in [0.29, 0.717) is 12.3 Å². The lowest BCUT2D eigenvalue weighted by Gasteiger charge is -2.33. The molecule has 1 unspecified atom stereocenters. The minimum atomic E-state index is -0.926. The molecule has 0 aromatic heterocycles. The maximum atomic E-state index is 12.5. The molecule has 1 fully saturated rings. The summed E-state index contributed by atoms with van der Waals surface area (Å²) in [7, 11) is 0. The van der Waals surface area contributed by atoms with Crippen molar-refractivity contribution in [1.29, 1.82) is 0 Å². The topological polar surface area (TPSA) is 72.2 Å². The van der Waals surface area contributed by atoms with Crippen LogP contribution < -0.4 is 11.1 Å². The molecular weight excluding hydrogens is 276 g/mol. The van der Waals surface area contributed by atoms with Crippen molar-refractivity contribution in [1.82, 2.24) is 5.32 Å². The molecule has 0 radical (unpaired) electrons. The van der Waals surface area contributed by atoms with Crippen LogP contribution in [0.4, 0.5) is 0 Å². The number of nitrogens with two attached hydrogens (primary N) is 1. The monoisotopic (exact) mass is 310 g/mol. The minimum Gasteiger partial charge on any atom is -0.368 e. The van der Waals surface area contributed by atoms with Gasteiger partial charge in [-0.05, 0) is 50.9 Å². The molecule has 3 N–H and O–H groups in total. The molecule has 0 aromatic carbocycles. The van der Waals surface area contributed by atoms with Crippen LogP contribution >= 0.6 is 0 Å². The molecule has 0 aliphatic heterocycles. The molecule has 1 aliphatic rings. The summed E-state index contributed by atoms with van der Waals surface area (Å²) >= 11 is 0. The van der Waals surface area contributed by atoms with Gasteiger partial charge in [-0.1, -0.05) is 40.0 Å². The van der Waals surface area contributed by atoms with Crippen LogP contribution in [0.3, 0.4) is 0 Å². The first kappa shape index (κ1) is 19.0. The predicted molar refractivity (Wildman–Crippen MR) is 90.2 cm³/mol. The van der Waals surface area contributed by atoms with E-state index in [2.05, 4.69) is 12.2 Å². The fraction of sp³-hybridized carbons (Fsp3) is 0.889. The molecule has 1 atom stereocenters. The fourth-order valence-electron chi connectivity index (χ4n) is 3.61. The Hall–Kier alpha value is -1.06. The lowest BCUT2D eigenvalue weighted by Crippen LogP contribution is -2.57. The molecular formula is C18H34N2O2. The first-order valence-corrected chi connectivity index (χ1v) is 8.90. The highest BCUT2D eigenvalue weighted by atomic mass is 16.2. The van der Waals surface area contributed by atoms with Crippen LogP contribution in [0.15, 0.2) is 0 Å². The lowest BCUT2D eigenvalue weighted by atomic mass is 9.79. The van der Waals surface area contributed by atoms with Crippen molar-refractivity contribution in [2.45, 2.75) is 84.6 Å². The van der Waals surface area contributed by atoms with Gasteiger partial charge in [0.25, 0.3) is 0 Å². The Morgan fingerprint density at radius 2 is 1.82 bits per heavy atom. The van der Waals surface area contributed by atoms with Crippen LogP contribution in [0, 0.1) is 17.8 Å². The summed E-state index contributed by atoms with van der Waals surface area (Å²) in [4.78, 5) is 24.3. The van der Waals surface area contributed by atoms with E-state index in [1.165, 1.54) is 19.3 Å². The van der Waals surface area contributed by atoms with Crippen LogP contribution in [0.5, 0.6) is 0 Å². The molecule has 0 aromatic rings. The van der Waals surface area contributed by atoms with Crippen LogP contribution in [0.25, 0.3) is 0 Å². The SMILES string of the molecule is CCCCC1CCC(C(=O)NC(C)(CC(C)C)C(N)=O)CC1. The summed E-state index contributed by atoms with van der Waals surface area (Å²) in [6.07, 6.45) is 8.55. The molecule has 1 rings (SSSR count). The normalized spacial score (nSPS) is 24.8. The van der Waals surface area contributed by atoms with Crippen LogP contribution in [0.1, 0.15) is 79.1 Å². The molecule has 1 aliphatic carbocycles. The average molecular weight is 310 g/mol. The van der Waals surface area contributed by atoms with Crippen LogP contribution in [0.2, 0.25) is 0 Å². The Bertz CT molecular complexity index is 373. The Balaban J connectivity index is 2.52. The zero-order valence-corrected chi connectivity index (χ0v) is 14.8. The summed E-state index contributed by atoms with van der Waals surface area (Å²) in [6, 6.07) is 0. The van der Waals surface area contributed by atoms with Gasteiger partial charge in [0.2, 0.25) is 11.8 Å². The minimum absolute atomic E-state index is 0.0101. The van der Waals surface area contributed by atoms with Gasteiger partial charge in [0.05, 0.1) is 0 Å². The van der Waals surface area contributed by atoms with Gasteiger partial charge in [-0.15, -0.1) is 0 Å². The van der Waals surface area contributed by atoms with Gasteiger partial charge in [0, 0.05) is 5.92 Å². The zero-order chi connectivity index (χ0) is 16.8. The maximum Gasteiger partial charge on any atom is 0.242 e. The molecule has 128 valence electrons. The number of nitrogens with one attached hydrogen (secondary N) is 1. The molecule has 0 bridgehead atoms. The van der Waals surface area contributed by atoms with Crippen LogP contribution in [-0.2, 0) is 9.59 Å². The highest BCUT2D eigenvalue weighted by Gasteiger charge is 2.36. The second-order valence-corrected chi connectivity index (χ2v) is 7.64. The van der Waals surface area contributed by atoms with E-state index in [1.807, 2.05) is 13.8 Å². The van der Waals surface area contributed by atoms with Gasteiger partial charge < -0.3 is 11.1 Å². The van der Waals surface area contributed by atoms with Crippen LogP contribution in [-0.4, -0.2) is 17.4 Å². The average Bonchev–Trinajstić information content (AvgIpc) is 2.44. The van der Waals surface area contributed by atoms with E-state index < -0.39 is 11.4 Å². The third-order valence-electron chi connectivity index (χ3n) is 4.94. The van der Waals surface area contributed by atoms with E-state index in [9.17, 15) is 9.59 Å². The zero-order valence-electron chi connectivity index (χ0n) is 14.8. The Labute approximate surface area is 135 Å². The number of carbonyl (C=O) groups is 2. The molecule has 4 heteroatoms. The number of carbonyl (C=O) groups excluding carboxylic acids is 2. The summed E-state index contributed by atoms with van der Waals surface area (Å²) in [5.41, 5.74) is 4.59. The van der Waals surface area contributed by atoms with Gasteiger partial charge in [-0.3, -0.25) is 9.59 Å². The number of amides is 2. The van der Waals surface area contributed by atoms with Crippen molar-refractivity contribution >= 4 is 11.8 Å². The van der Waals surface area contributed by atoms with E-state index in [1.54, 1.807) is 6.92 Å². The van der Waals surface area contributed by atoms with E-state index in [0.717, 1.165) is 31.6 Å². The summed E-state index contributed by atoms with van der Waals surface area (Å²) in [5.74, 6) is 0.704. The van der Waals surface area contributed by atoms with Crippen molar-refractivity contribution in [3.63, 3.8) is 0 Å². The van der Waals surface area contributed by atoms with Crippen molar-refractivity contribution in [3.05, 3.63) is 0 Å². The van der Waals surface area contributed by atoms with E-state index >= 15 is 0 Å². The number of unbranched alkanes of at least 4 members (excludes halogenated alkanes) is 1. The fourth-order valence-corrected chi connectivity index (χ4v) is 3.61. The Morgan fingerprint density at radius 1 is 1.23 bits per heavy atom. The smallest absolute Gasteiger partial charge is 0.242 e. The van der Waals surface area contributed by atoms with E-state index in [4.69, 9.17) is 5.73 Å². The summed E-state index contributed by atoms with van der Waals surface area (Å²) in [6.45, 7) is 8.04. The molecule has 2 amide bonds. The highest BCUT2D eigenvalue weighted by molar-refractivity contribution is 5.90. The van der Waals surface area contributed by atoms with Gasteiger partial charge in [-0.2, -0.15) is 0 Å². The number of hydrogen-bond donors (Lipinski definition) is 2. The molecule has 0 saturated heterocycles. The molecule has 22 heavy (non-hydrogen) atoms. The third kappa shape index (κ3) is 5.62. The highest BCUT2D eigenvalue weighted by Crippen LogP contribution is 2.32. The van der Waals surface area contributed by atoms with Gasteiger partial charge in [0.1, 0.15) is 5.54 Å². The first-order chi connectivity index (χ1) is 10.3. The Morgan fingerprint density at radius 3 is 2.27 bits per heavy atom. The maximum absolute atomic E-state index is 12.5. The first-order valence-electron chi connectivity index (χ1n) is 8.90.